The lowest BCUT2D eigenvalue weighted by Crippen LogP contribution is -2.15. The molecule has 0 unspecified atom stereocenters. The minimum atomic E-state index is -0.194. The summed E-state index contributed by atoms with van der Waals surface area (Å²) in [7, 11) is 0. The summed E-state index contributed by atoms with van der Waals surface area (Å²) in [5.41, 5.74) is 4.25. The summed E-state index contributed by atoms with van der Waals surface area (Å²) in [4.78, 5) is 22.8. The van der Waals surface area contributed by atoms with Gasteiger partial charge in [-0.15, -0.1) is 11.3 Å². The second-order valence-electron chi connectivity index (χ2n) is 10.2. The van der Waals surface area contributed by atoms with Crippen LogP contribution in [0, 0.1) is 17.2 Å². The predicted octanol–water partition coefficient (Wildman–Crippen LogP) is 5.80. The molecule has 0 radical (unpaired) electrons. The van der Waals surface area contributed by atoms with Gasteiger partial charge in [-0.2, -0.15) is 10.4 Å². The van der Waals surface area contributed by atoms with Gasteiger partial charge in [0.25, 0.3) is 5.56 Å². The number of fused-ring (bicyclic) bond motifs is 4. The van der Waals surface area contributed by atoms with Crippen molar-refractivity contribution >= 4 is 33.2 Å². The number of hydrogen-bond donors (Lipinski definition) is 1. The van der Waals surface area contributed by atoms with Crippen LogP contribution in [0.5, 0.6) is 11.5 Å². The van der Waals surface area contributed by atoms with Gasteiger partial charge in [-0.1, -0.05) is 25.1 Å². The third kappa shape index (κ3) is 4.27. The third-order valence-electron chi connectivity index (χ3n) is 7.42. The maximum Gasteiger partial charge on any atom is 0.260 e. The monoisotopic (exact) mass is 547 g/mol. The van der Waals surface area contributed by atoms with Crippen LogP contribution in [0.3, 0.4) is 0 Å². The van der Waals surface area contributed by atoms with Gasteiger partial charge in [0.2, 0.25) is 0 Å². The molecule has 1 N–H and O–H groups in total. The second kappa shape index (κ2) is 9.81. The first kappa shape index (κ1) is 24.4. The molecule has 198 valence electrons. The first-order valence-electron chi connectivity index (χ1n) is 13.3. The minimum absolute atomic E-state index is 0.194. The number of aryl methyl sites for hydroxylation is 1. The number of allylic oxidation sites excluding steroid dienone is 1. The molecule has 8 nitrogen and oxygen atoms in total. The highest BCUT2D eigenvalue weighted by atomic mass is 32.1. The zero-order chi connectivity index (χ0) is 27.2. The van der Waals surface area contributed by atoms with E-state index in [2.05, 4.69) is 18.0 Å². The smallest absolute Gasteiger partial charge is 0.260 e. The van der Waals surface area contributed by atoms with Crippen molar-refractivity contribution in [2.24, 2.45) is 5.92 Å². The molecular weight excluding hydrogens is 522 g/mol. The van der Waals surface area contributed by atoms with Crippen LogP contribution in [0.25, 0.3) is 38.8 Å². The Morgan fingerprint density at radius 2 is 2.00 bits per heavy atom. The molecule has 2 aromatic carbocycles. The number of H-pyrrole nitrogens is 1. The third-order valence-corrected chi connectivity index (χ3v) is 8.57. The lowest BCUT2D eigenvalue weighted by Gasteiger charge is -2.18. The average Bonchev–Trinajstić information content (AvgIpc) is 3.57. The molecule has 9 heteroatoms. The van der Waals surface area contributed by atoms with Crippen LogP contribution in [-0.2, 0) is 12.8 Å². The number of para-hydroxylation sites is 1. The van der Waals surface area contributed by atoms with E-state index in [1.165, 1.54) is 4.88 Å². The highest BCUT2D eigenvalue weighted by molar-refractivity contribution is 7.18. The molecule has 0 saturated heterocycles. The largest absolute Gasteiger partial charge is 0.486 e. The van der Waals surface area contributed by atoms with E-state index in [1.807, 2.05) is 54.7 Å². The fourth-order valence-electron chi connectivity index (χ4n) is 5.41. The number of ether oxygens (including phenoxy) is 2. The average molecular weight is 548 g/mol. The van der Waals surface area contributed by atoms with Crippen molar-refractivity contribution in [2.45, 2.75) is 26.2 Å². The van der Waals surface area contributed by atoms with E-state index in [9.17, 15) is 10.1 Å². The molecule has 4 heterocycles. The summed E-state index contributed by atoms with van der Waals surface area (Å²) in [5.74, 6) is 2.19. The van der Waals surface area contributed by atoms with Crippen LogP contribution in [0.1, 0.15) is 35.2 Å². The fraction of sp³-hybridized carbons (Fsp3) is 0.226. The number of nitrogens with zero attached hydrogens (tertiary/aromatic N) is 4. The Bertz CT molecular complexity index is 1890. The van der Waals surface area contributed by atoms with E-state index in [0.29, 0.717) is 52.1 Å². The lowest BCUT2D eigenvalue weighted by molar-refractivity contribution is 0.171. The molecule has 1 aliphatic heterocycles. The maximum absolute atomic E-state index is 13.2. The Morgan fingerprint density at radius 3 is 2.83 bits per heavy atom. The van der Waals surface area contributed by atoms with Gasteiger partial charge in [0.15, 0.2) is 17.3 Å². The first-order valence-corrected chi connectivity index (χ1v) is 14.1. The van der Waals surface area contributed by atoms with Gasteiger partial charge in [-0.05, 0) is 67.2 Å². The predicted molar refractivity (Wildman–Crippen MR) is 155 cm³/mol. The molecule has 2 aliphatic rings. The molecule has 0 saturated carbocycles. The summed E-state index contributed by atoms with van der Waals surface area (Å²) in [6.45, 7) is 3.23. The maximum atomic E-state index is 13.2. The molecule has 40 heavy (non-hydrogen) atoms. The van der Waals surface area contributed by atoms with Crippen LogP contribution in [-0.4, -0.2) is 33.0 Å². The zero-order valence-corrected chi connectivity index (χ0v) is 22.6. The first-order chi connectivity index (χ1) is 19.6. The normalized spacial score (nSPS) is 16.5. The van der Waals surface area contributed by atoms with E-state index in [4.69, 9.17) is 19.6 Å². The second-order valence-corrected chi connectivity index (χ2v) is 11.3. The van der Waals surface area contributed by atoms with Crippen molar-refractivity contribution in [3.05, 3.63) is 86.9 Å². The van der Waals surface area contributed by atoms with Gasteiger partial charge < -0.3 is 14.5 Å². The lowest BCUT2D eigenvalue weighted by atomic mass is 9.89. The molecule has 1 aliphatic carbocycles. The number of hydrogen-bond acceptors (Lipinski definition) is 7. The summed E-state index contributed by atoms with van der Waals surface area (Å²) >= 11 is 1.57. The molecule has 3 aromatic heterocycles. The van der Waals surface area contributed by atoms with Crippen LogP contribution < -0.4 is 15.0 Å². The zero-order valence-electron chi connectivity index (χ0n) is 21.8. The standard InChI is InChI=1S/C31H25N5O3S/c1-18-7-9-23-26(13-18)40-31-27(23)30(37)33-29(34-31)20(16-32)14-21-17-36(22-5-3-2-4-6-22)35-28(21)19-8-10-24-25(15-19)39-12-11-38-24/h2-6,8,10,14-15,17-18H,7,9,11-13H2,1H3,(H,33,34,37)/b20-14+/t18-/m1/s1. The topological polar surface area (TPSA) is 106 Å². The van der Waals surface area contributed by atoms with E-state index in [-0.39, 0.29) is 17.0 Å². The molecule has 0 fully saturated rings. The van der Waals surface area contributed by atoms with Gasteiger partial charge in [-0.3, -0.25) is 4.79 Å². The summed E-state index contributed by atoms with van der Waals surface area (Å²) in [6, 6.07) is 17.7. The molecular formula is C31H25N5O3S. The van der Waals surface area contributed by atoms with Crippen molar-refractivity contribution in [3.63, 3.8) is 0 Å². The van der Waals surface area contributed by atoms with Gasteiger partial charge in [0, 0.05) is 22.2 Å². The van der Waals surface area contributed by atoms with Gasteiger partial charge in [0.1, 0.15) is 29.8 Å². The van der Waals surface area contributed by atoms with Crippen LogP contribution in [0.15, 0.2) is 59.5 Å². The van der Waals surface area contributed by atoms with Gasteiger partial charge >= 0.3 is 0 Å². The Kier molecular flexibility index (Phi) is 5.98. The van der Waals surface area contributed by atoms with Gasteiger partial charge in [0.05, 0.1) is 16.6 Å². The van der Waals surface area contributed by atoms with Crippen molar-refractivity contribution in [2.75, 3.05) is 13.2 Å². The summed E-state index contributed by atoms with van der Waals surface area (Å²) < 4.78 is 13.3. The fourth-order valence-corrected chi connectivity index (χ4v) is 6.79. The minimum Gasteiger partial charge on any atom is -0.486 e. The molecule has 0 bridgehead atoms. The van der Waals surface area contributed by atoms with Crippen molar-refractivity contribution in [1.82, 2.24) is 19.7 Å². The number of nitrogens with one attached hydrogen (secondary N) is 1. The van der Waals surface area contributed by atoms with Crippen molar-refractivity contribution < 1.29 is 9.47 Å². The number of thiophene rings is 1. The van der Waals surface area contributed by atoms with E-state index >= 15 is 0 Å². The quantitative estimate of drug-likeness (QED) is 0.285. The summed E-state index contributed by atoms with van der Waals surface area (Å²) in [6.07, 6.45) is 6.53. The van der Waals surface area contributed by atoms with Crippen LogP contribution in [0.2, 0.25) is 0 Å². The number of aromatic nitrogens is 4. The number of aromatic amines is 1. The molecule has 1 atom stereocenters. The Balaban J connectivity index is 1.36. The molecule has 0 amide bonds. The van der Waals surface area contributed by atoms with E-state index in [0.717, 1.165) is 36.1 Å². The molecule has 0 spiro atoms. The number of rotatable bonds is 4. The highest BCUT2D eigenvalue weighted by Crippen LogP contribution is 2.38. The Morgan fingerprint density at radius 1 is 1.18 bits per heavy atom. The summed E-state index contributed by atoms with van der Waals surface area (Å²) in [5, 5.41) is 15.7. The Labute approximate surface area is 234 Å². The number of benzene rings is 2. The van der Waals surface area contributed by atoms with Crippen molar-refractivity contribution in [3.8, 4) is 34.5 Å². The number of nitriles is 1. The van der Waals surface area contributed by atoms with E-state index < -0.39 is 0 Å². The molecule has 7 rings (SSSR count). The highest BCUT2D eigenvalue weighted by Gasteiger charge is 2.24. The SMILES string of the molecule is C[C@@H]1CCc2c(sc3nc(/C(C#N)=C/c4cn(-c5ccccc5)nc4-c4ccc5c(c4)OCCO5)[nH]c(=O)c23)C1. The Hall–Kier alpha value is -4.68. The van der Waals surface area contributed by atoms with Crippen LogP contribution >= 0.6 is 11.3 Å². The van der Waals surface area contributed by atoms with Gasteiger partial charge in [-0.25, -0.2) is 9.67 Å². The van der Waals surface area contributed by atoms with Crippen molar-refractivity contribution in [1.29, 1.82) is 5.26 Å². The molecule has 5 aromatic rings. The van der Waals surface area contributed by atoms with E-state index in [1.54, 1.807) is 22.1 Å². The van der Waals surface area contributed by atoms with Crippen LogP contribution in [0.4, 0.5) is 0 Å².